The van der Waals surface area contributed by atoms with E-state index in [2.05, 4.69) is 0 Å². The Morgan fingerprint density at radius 1 is 1.64 bits per heavy atom. The minimum atomic E-state index is -1.31. The quantitative estimate of drug-likeness (QED) is 0.556. The van der Waals surface area contributed by atoms with Crippen LogP contribution in [0.25, 0.3) is 0 Å². The van der Waals surface area contributed by atoms with Gasteiger partial charge in [0.2, 0.25) is 0 Å². The maximum Gasteiger partial charge on any atom is 0.158 e. The molecular weight excluding hydrogens is 186 g/mol. The predicted octanol–water partition coefficient (Wildman–Crippen LogP) is -2.35. The number of aromatic carboxylic acids is 1. The fourth-order valence-electron chi connectivity index (χ4n) is 1.16. The van der Waals surface area contributed by atoms with Gasteiger partial charge in [0.15, 0.2) is 5.76 Å². The molecule has 5 heteroatoms. The van der Waals surface area contributed by atoms with Gasteiger partial charge in [-0.15, -0.1) is 0 Å². The van der Waals surface area contributed by atoms with Gasteiger partial charge in [-0.2, -0.15) is 0 Å². The summed E-state index contributed by atoms with van der Waals surface area (Å²) >= 11 is 0. The first-order valence-corrected chi connectivity index (χ1v) is 4.35. The average Bonchev–Trinajstić information content (AvgIpc) is 2.53. The maximum absolute atomic E-state index is 10.4. The highest BCUT2D eigenvalue weighted by molar-refractivity contribution is 5.82. The Morgan fingerprint density at radius 2 is 2.36 bits per heavy atom. The third-order valence-electron chi connectivity index (χ3n) is 1.88. The largest absolute Gasteiger partial charge is 0.542 e. The van der Waals surface area contributed by atoms with E-state index in [4.69, 9.17) is 9.52 Å². The summed E-state index contributed by atoms with van der Waals surface area (Å²) in [5, 5.41) is 19.0. The monoisotopic (exact) mass is 199 g/mol. The van der Waals surface area contributed by atoms with Crippen molar-refractivity contribution in [1.29, 1.82) is 0 Å². The summed E-state index contributed by atoms with van der Waals surface area (Å²) < 4.78 is 5.00. The number of carboxylic acids is 1. The number of rotatable bonds is 5. The lowest BCUT2D eigenvalue weighted by Crippen LogP contribution is -3.08. The molecule has 2 N–H and O–H groups in total. The van der Waals surface area contributed by atoms with Crippen LogP contribution in [-0.2, 0) is 6.54 Å². The van der Waals surface area contributed by atoms with Crippen molar-refractivity contribution < 1.29 is 24.3 Å². The molecule has 0 aliphatic carbocycles. The number of carbonyl (C=O) groups excluding carboxylic acids is 1. The molecule has 1 unspecified atom stereocenters. The van der Waals surface area contributed by atoms with Crippen LogP contribution in [0.4, 0.5) is 0 Å². The SMILES string of the molecule is C[NH+](CCO)Cc1ccc(C(=O)[O-])o1. The molecule has 0 saturated heterocycles. The van der Waals surface area contributed by atoms with Crippen molar-refractivity contribution in [3.63, 3.8) is 0 Å². The molecule has 1 aromatic rings. The van der Waals surface area contributed by atoms with Crippen LogP contribution >= 0.6 is 0 Å². The highest BCUT2D eigenvalue weighted by Crippen LogP contribution is 2.04. The van der Waals surface area contributed by atoms with E-state index in [1.54, 1.807) is 6.07 Å². The Bertz CT molecular complexity index is 308. The minimum absolute atomic E-state index is 0.0971. The van der Waals surface area contributed by atoms with Gasteiger partial charge >= 0.3 is 0 Å². The molecular formula is C9H13NO4. The van der Waals surface area contributed by atoms with Gasteiger partial charge in [-0.3, -0.25) is 0 Å². The van der Waals surface area contributed by atoms with Gasteiger partial charge in [-0.05, 0) is 12.1 Å². The van der Waals surface area contributed by atoms with E-state index in [-0.39, 0.29) is 12.4 Å². The molecule has 0 bridgehead atoms. The van der Waals surface area contributed by atoms with Crippen LogP contribution in [0.1, 0.15) is 16.3 Å². The van der Waals surface area contributed by atoms with E-state index in [0.29, 0.717) is 18.8 Å². The number of hydrogen-bond donors (Lipinski definition) is 2. The topological polar surface area (TPSA) is 77.9 Å². The maximum atomic E-state index is 10.4. The van der Waals surface area contributed by atoms with E-state index in [1.165, 1.54) is 6.07 Å². The first kappa shape index (κ1) is 10.7. The van der Waals surface area contributed by atoms with Crippen LogP contribution in [0, 0.1) is 0 Å². The number of aliphatic hydroxyl groups is 1. The molecule has 0 aliphatic heterocycles. The standard InChI is InChI=1S/C9H13NO4/c1-10(4-5-11)6-7-2-3-8(14-7)9(12)13/h2-3,11H,4-6H2,1H3,(H,12,13). The van der Waals surface area contributed by atoms with Crippen LogP contribution < -0.4 is 10.0 Å². The van der Waals surface area contributed by atoms with Crippen LogP contribution in [0.2, 0.25) is 0 Å². The molecule has 1 rings (SSSR count). The Hall–Kier alpha value is -1.33. The fourth-order valence-corrected chi connectivity index (χ4v) is 1.16. The van der Waals surface area contributed by atoms with Crippen molar-refractivity contribution in [2.75, 3.05) is 20.2 Å². The van der Waals surface area contributed by atoms with E-state index in [9.17, 15) is 9.90 Å². The van der Waals surface area contributed by atoms with E-state index in [1.807, 2.05) is 7.05 Å². The lowest BCUT2D eigenvalue weighted by molar-refractivity contribution is -0.895. The van der Waals surface area contributed by atoms with Gasteiger partial charge in [0.25, 0.3) is 0 Å². The van der Waals surface area contributed by atoms with Gasteiger partial charge in [-0.25, -0.2) is 0 Å². The first-order chi connectivity index (χ1) is 6.63. The highest BCUT2D eigenvalue weighted by Gasteiger charge is 2.07. The number of hydrogen-bond acceptors (Lipinski definition) is 4. The van der Waals surface area contributed by atoms with Crippen molar-refractivity contribution >= 4 is 5.97 Å². The second kappa shape index (κ2) is 4.78. The van der Waals surface area contributed by atoms with Crippen LogP contribution in [0.3, 0.4) is 0 Å². The molecule has 5 nitrogen and oxygen atoms in total. The van der Waals surface area contributed by atoms with Crippen LogP contribution in [0.5, 0.6) is 0 Å². The fraction of sp³-hybridized carbons (Fsp3) is 0.444. The lowest BCUT2D eigenvalue weighted by atomic mass is 10.4. The molecule has 0 saturated carbocycles. The van der Waals surface area contributed by atoms with Gasteiger partial charge in [0.1, 0.15) is 24.8 Å². The van der Waals surface area contributed by atoms with Crippen LogP contribution in [-0.4, -0.2) is 31.3 Å². The lowest BCUT2D eigenvalue weighted by Gasteiger charge is -2.09. The summed E-state index contributed by atoms with van der Waals surface area (Å²) in [4.78, 5) is 11.4. The smallest absolute Gasteiger partial charge is 0.158 e. The molecule has 78 valence electrons. The zero-order valence-electron chi connectivity index (χ0n) is 7.95. The molecule has 0 amide bonds. The number of carbonyl (C=O) groups is 1. The molecule has 1 aromatic heterocycles. The second-order valence-corrected chi connectivity index (χ2v) is 3.16. The zero-order valence-corrected chi connectivity index (χ0v) is 7.95. The van der Waals surface area contributed by atoms with Crippen molar-refractivity contribution in [1.82, 2.24) is 0 Å². The Balaban J connectivity index is 2.55. The third kappa shape index (κ3) is 2.86. The number of quaternary nitrogens is 1. The molecule has 1 heterocycles. The first-order valence-electron chi connectivity index (χ1n) is 4.35. The summed E-state index contributed by atoms with van der Waals surface area (Å²) in [5.41, 5.74) is 0. The molecule has 14 heavy (non-hydrogen) atoms. The molecule has 0 aromatic carbocycles. The van der Waals surface area contributed by atoms with Crippen LogP contribution in [0.15, 0.2) is 16.5 Å². The number of likely N-dealkylation sites (N-methyl/N-ethyl adjacent to an activating group) is 1. The summed E-state index contributed by atoms with van der Waals surface area (Å²) in [6.45, 7) is 1.25. The number of nitrogens with one attached hydrogen (secondary N) is 1. The molecule has 0 radical (unpaired) electrons. The van der Waals surface area contributed by atoms with Gasteiger partial charge < -0.3 is 24.3 Å². The molecule has 0 spiro atoms. The minimum Gasteiger partial charge on any atom is -0.542 e. The second-order valence-electron chi connectivity index (χ2n) is 3.16. The zero-order chi connectivity index (χ0) is 10.6. The average molecular weight is 199 g/mol. The number of furan rings is 1. The predicted molar refractivity (Wildman–Crippen MR) is 45.6 cm³/mol. The summed E-state index contributed by atoms with van der Waals surface area (Å²) in [7, 11) is 1.89. The number of carboxylic acid groups (broad SMARTS) is 1. The van der Waals surface area contributed by atoms with Crippen molar-refractivity contribution in [2.45, 2.75) is 6.54 Å². The van der Waals surface area contributed by atoms with Gasteiger partial charge in [-0.1, -0.05) is 0 Å². The Labute approximate surface area is 81.6 Å². The van der Waals surface area contributed by atoms with Crippen molar-refractivity contribution in [3.8, 4) is 0 Å². The summed E-state index contributed by atoms with van der Waals surface area (Å²) in [6, 6.07) is 2.98. The van der Waals surface area contributed by atoms with Gasteiger partial charge in [0, 0.05) is 0 Å². The van der Waals surface area contributed by atoms with Crippen molar-refractivity contribution in [2.24, 2.45) is 0 Å². The summed E-state index contributed by atoms with van der Waals surface area (Å²) in [5.74, 6) is -0.886. The molecule has 0 aliphatic rings. The third-order valence-corrected chi connectivity index (χ3v) is 1.88. The molecule has 0 fully saturated rings. The number of aliphatic hydroxyl groups excluding tert-OH is 1. The molecule has 1 atom stereocenters. The van der Waals surface area contributed by atoms with E-state index in [0.717, 1.165) is 4.90 Å². The normalized spacial score (nSPS) is 12.7. The Kier molecular flexibility index (Phi) is 3.67. The van der Waals surface area contributed by atoms with E-state index >= 15 is 0 Å². The highest BCUT2D eigenvalue weighted by atomic mass is 16.4. The summed E-state index contributed by atoms with van der Waals surface area (Å²) in [6.07, 6.45) is 0. The van der Waals surface area contributed by atoms with E-state index < -0.39 is 5.97 Å². The Morgan fingerprint density at radius 3 is 2.86 bits per heavy atom. The van der Waals surface area contributed by atoms with Gasteiger partial charge in [0.05, 0.1) is 13.7 Å². The van der Waals surface area contributed by atoms with Crippen molar-refractivity contribution in [3.05, 3.63) is 23.7 Å².